The van der Waals surface area contributed by atoms with Gasteiger partial charge in [0.05, 0.1) is 18.4 Å². The molecule has 19 heavy (non-hydrogen) atoms. The largest absolute Gasteiger partial charge is 0.481 e. The Balaban J connectivity index is 2.35. The summed E-state index contributed by atoms with van der Waals surface area (Å²) in [5.41, 5.74) is 1.99. The second-order valence-electron chi connectivity index (χ2n) is 4.47. The van der Waals surface area contributed by atoms with Crippen molar-refractivity contribution < 1.29 is 9.53 Å². The van der Waals surface area contributed by atoms with Gasteiger partial charge in [-0.05, 0) is 13.3 Å². The molecule has 0 unspecified atom stereocenters. The van der Waals surface area contributed by atoms with E-state index in [0.29, 0.717) is 19.5 Å². The van der Waals surface area contributed by atoms with Crippen LogP contribution in [-0.2, 0) is 18.4 Å². The van der Waals surface area contributed by atoms with Crippen molar-refractivity contribution in [1.29, 1.82) is 0 Å². The SMILES string of the molecule is CCCNC(=O)CCNCc1c(C)nn(C)c1OC. The zero-order chi connectivity index (χ0) is 14.3. The van der Waals surface area contributed by atoms with Crippen LogP contribution >= 0.6 is 0 Å². The van der Waals surface area contributed by atoms with Gasteiger partial charge in [0.25, 0.3) is 0 Å². The maximum atomic E-state index is 11.4. The lowest BCUT2D eigenvalue weighted by Crippen LogP contribution is -2.28. The van der Waals surface area contributed by atoms with Crippen molar-refractivity contribution in [3.05, 3.63) is 11.3 Å². The topological polar surface area (TPSA) is 68.2 Å². The number of nitrogens with one attached hydrogen (secondary N) is 2. The fraction of sp³-hybridized carbons (Fsp3) is 0.692. The number of aryl methyl sites for hydroxylation is 2. The van der Waals surface area contributed by atoms with Gasteiger partial charge in [-0.3, -0.25) is 4.79 Å². The number of carbonyl (C=O) groups excluding carboxylic acids is 1. The van der Waals surface area contributed by atoms with Gasteiger partial charge in [0.2, 0.25) is 11.8 Å². The predicted molar refractivity (Wildman–Crippen MR) is 74.1 cm³/mol. The maximum Gasteiger partial charge on any atom is 0.221 e. The molecule has 0 saturated heterocycles. The van der Waals surface area contributed by atoms with Crippen molar-refractivity contribution in [2.75, 3.05) is 20.2 Å². The Kier molecular flexibility index (Phi) is 6.35. The Morgan fingerprint density at radius 1 is 1.42 bits per heavy atom. The lowest BCUT2D eigenvalue weighted by molar-refractivity contribution is -0.120. The molecule has 6 nitrogen and oxygen atoms in total. The molecule has 2 N–H and O–H groups in total. The Morgan fingerprint density at radius 2 is 2.16 bits per heavy atom. The van der Waals surface area contributed by atoms with Crippen LogP contribution < -0.4 is 15.4 Å². The molecule has 6 heteroatoms. The first-order valence-electron chi connectivity index (χ1n) is 6.64. The predicted octanol–water partition coefficient (Wildman–Crippen LogP) is 0.743. The minimum atomic E-state index is 0.0872. The van der Waals surface area contributed by atoms with E-state index in [2.05, 4.69) is 15.7 Å². The number of carbonyl (C=O) groups is 1. The highest BCUT2D eigenvalue weighted by molar-refractivity contribution is 5.75. The lowest BCUT2D eigenvalue weighted by Gasteiger charge is -2.07. The highest BCUT2D eigenvalue weighted by atomic mass is 16.5. The van der Waals surface area contributed by atoms with Crippen LogP contribution in [-0.4, -0.2) is 35.9 Å². The van der Waals surface area contributed by atoms with E-state index < -0.39 is 0 Å². The molecular formula is C13H24N4O2. The molecule has 1 heterocycles. The number of methoxy groups -OCH3 is 1. The van der Waals surface area contributed by atoms with Crippen molar-refractivity contribution in [3.8, 4) is 5.88 Å². The minimum Gasteiger partial charge on any atom is -0.481 e. The summed E-state index contributed by atoms with van der Waals surface area (Å²) in [5.74, 6) is 0.852. The molecule has 0 aromatic carbocycles. The van der Waals surface area contributed by atoms with E-state index >= 15 is 0 Å². The van der Waals surface area contributed by atoms with E-state index in [1.165, 1.54) is 0 Å². The van der Waals surface area contributed by atoms with Gasteiger partial charge >= 0.3 is 0 Å². The average molecular weight is 268 g/mol. The van der Waals surface area contributed by atoms with Gasteiger partial charge in [-0.25, -0.2) is 4.68 Å². The first kappa shape index (κ1) is 15.5. The molecule has 1 aromatic rings. The molecule has 1 rings (SSSR count). The number of hydrogen-bond acceptors (Lipinski definition) is 4. The molecule has 1 aromatic heterocycles. The highest BCUT2D eigenvalue weighted by Gasteiger charge is 2.13. The van der Waals surface area contributed by atoms with Crippen molar-refractivity contribution in [2.24, 2.45) is 7.05 Å². The van der Waals surface area contributed by atoms with Crippen molar-refractivity contribution >= 4 is 5.91 Å². The maximum absolute atomic E-state index is 11.4. The molecule has 0 spiro atoms. The molecule has 0 bridgehead atoms. The van der Waals surface area contributed by atoms with Crippen LogP contribution in [0.5, 0.6) is 5.88 Å². The second-order valence-corrected chi connectivity index (χ2v) is 4.47. The number of ether oxygens (including phenoxy) is 1. The third kappa shape index (κ3) is 4.55. The number of aromatic nitrogens is 2. The summed E-state index contributed by atoms with van der Waals surface area (Å²) in [6, 6.07) is 0. The summed E-state index contributed by atoms with van der Waals surface area (Å²) in [6.45, 7) is 6.04. The molecule has 0 saturated carbocycles. The quantitative estimate of drug-likeness (QED) is 0.683. The molecule has 0 fully saturated rings. The Labute approximate surface area is 114 Å². The van der Waals surface area contributed by atoms with Crippen molar-refractivity contribution in [1.82, 2.24) is 20.4 Å². The van der Waals surface area contributed by atoms with Gasteiger partial charge in [-0.15, -0.1) is 0 Å². The fourth-order valence-corrected chi connectivity index (χ4v) is 1.91. The minimum absolute atomic E-state index is 0.0872. The zero-order valence-electron chi connectivity index (χ0n) is 12.2. The standard InChI is InChI=1S/C13H24N4O2/c1-5-7-15-12(18)6-8-14-9-11-10(2)16-17(3)13(11)19-4/h14H,5-9H2,1-4H3,(H,15,18). The van der Waals surface area contributed by atoms with Crippen LogP contribution in [0.15, 0.2) is 0 Å². The summed E-state index contributed by atoms with van der Waals surface area (Å²) in [6.07, 6.45) is 1.45. The van der Waals surface area contributed by atoms with Gasteiger partial charge in [0.15, 0.2) is 0 Å². The molecule has 1 amide bonds. The smallest absolute Gasteiger partial charge is 0.221 e. The van der Waals surface area contributed by atoms with E-state index in [9.17, 15) is 4.79 Å². The number of amides is 1. The molecule has 0 atom stereocenters. The average Bonchev–Trinajstić information content (AvgIpc) is 2.66. The number of hydrogen-bond donors (Lipinski definition) is 2. The van der Waals surface area contributed by atoms with Gasteiger partial charge < -0.3 is 15.4 Å². The van der Waals surface area contributed by atoms with Crippen molar-refractivity contribution in [3.63, 3.8) is 0 Å². The van der Waals surface area contributed by atoms with Crippen LogP contribution in [0.25, 0.3) is 0 Å². The first-order valence-corrected chi connectivity index (χ1v) is 6.64. The summed E-state index contributed by atoms with van der Waals surface area (Å²) < 4.78 is 7.03. The molecule has 0 aliphatic rings. The zero-order valence-corrected chi connectivity index (χ0v) is 12.2. The van der Waals surface area contributed by atoms with Crippen LogP contribution in [0.2, 0.25) is 0 Å². The van der Waals surface area contributed by atoms with E-state index in [1.807, 2.05) is 20.9 Å². The molecule has 0 aliphatic heterocycles. The second kappa shape index (κ2) is 7.78. The van der Waals surface area contributed by atoms with Gasteiger partial charge in [0.1, 0.15) is 0 Å². The summed E-state index contributed by atoms with van der Waals surface area (Å²) >= 11 is 0. The lowest BCUT2D eigenvalue weighted by atomic mass is 10.2. The Bertz CT molecular complexity index is 415. The molecule has 0 radical (unpaired) electrons. The van der Waals surface area contributed by atoms with Crippen LogP contribution in [0.1, 0.15) is 31.0 Å². The van der Waals surface area contributed by atoms with Gasteiger partial charge in [-0.2, -0.15) is 5.10 Å². The molecule has 108 valence electrons. The first-order chi connectivity index (χ1) is 9.10. The molecule has 0 aliphatic carbocycles. The van der Waals surface area contributed by atoms with Crippen molar-refractivity contribution in [2.45, 2.75) is 33.2 Å². The molecular weight excluding hydrogens is 244 g/mol. The van der Waals surface area contributed by atoms with Crippen LogP contribution in [0.4, 0.5) is 0 Å². The van der Waals surface area contributed by atoms with Crippen LogP contribution in [0.3, 0.4) is 0 Å². The fourth-order valence-electron chi connectivity index (χ4n) is 1.91. The number of nitrogens with zero attached hydrogens (tertiary/aromatic N) is 2. The summed E-state index contributed by atoms with van der Waals surface area (Å²) in [4.78, 5) is 11.4. The van der Waals surface area contributed by atoms with E-state index in [4.69, 9.17) is 4.74 Å². The monoisotopic (exact) mass is 268 g/mol. The Morgan fingerprint density at radius 3 is 2.79 bits per heavy atom. The normalized spacial score (nSPS) is 10.5. The van der Waals surface area contributed by atoms with Gasteiger partial charge in [0, 0.05) is 33.1 Å². The van der Waals surface area contributed by atoms with E-state index in [-0.39, 0.29) is 5.91 Å². The van der Waals surface area contributed by atoms with Crippen LogP contribution in [0, 0.1) is 6.92 Å². The number of rotatable bonds is 8. The highest BCUT2D eigenvalue weighted by Crippen LogP contribution is 2.20. The summed E-state index contributed by atoms with van der Waals surface area (Å²) in [7, 11) is 3.49. The van der Waals surface area contributed by atoms with E-state index in [0.717, 1.165) is 30.1 Å². The van der Waals surface area contributed by atoms with E-state index in [1.54, 1.807) is 11.8 Å². The van der Waals surface area contributed by atoms with Gasteiger partial charge in [-0.1, -0.05) is 6.92 Å². The third-order valence-electron chi connectivity index (χ3n) is 2.88. The summed E-state index contributed by atoms with van der Waals surface area (Å²) in [5, 5.41) is 10.4. The third-order valence-corrected chi connectivity index (χ3v) is 2.88. The Hall–Kier alpha value is -1.56.